The molecule has 2 heterocycles. The maximum Gasteiger partial charge on any atom is 0.318 e. The first kappa shape index (κ1) is 19.4. The maximum absolute atomic E-state index is 11.5. The van der Waals surface area contributed by atoms with E-state index in [1.54, 1.807) is 25.4 Å². The number of carbonyl (C=O) groups excluding carboxylic acids is 1. The van der Waals surface area contributed by atoms with Gasteiger partial charge in [-0.05, 0) is 43.2 Å². The highest BCUT2D eigenvalue weighted by Crippen LogP contribution is 2.45. The first-order valence-corrected chi connectivity index (χ1v) is 10.3. The largest absolute Gasteiger partial charge is 0.489 e. The molecule has 5 rings (SSSR count). The number of rotatable bonds is 6. The quantitative estimate of drug-likeness (QED) is 0.563. The molecule has 1 saturated carbocycles. The highest BCUT2D eigenvalue weighted by atomic mass is 16.5. The van der Waals surface area contributed by atoms with E-state index in [4.69, 9.17) is 19.9 Å². The maximum atomic E-state index is 11.5. The molecule has 0 unspecified atom stereocenters. The number of fused-ring (bicyclic) bond motifs is 3. The summed E-state index contributed by atoms with van der Waals surface area (Å²) in [7, 11) is 1.57. The molecule has 2 aliphatic rings. The number of carbonyl (C=O) groups is 1. The van der Waals surface area contributed by atoms with Crippen LogP contribution >= 0.6 is 0 Å². The van der Waals surface area contributed by atoms with Crippen LogP contribution in [-0.4, -0.2) is 36.8 Å². The number of benzene rings is 2. The standard InChI is InChI=1S/C23H24N4O4/c1-25-22(28)27-14-2-4-15(5-3-14)31-18-6-10-26-17-12-19(30-13-23(24)8-9-23)21-16(20(17)18)7-11-29-21/h2-6,10,12H,7-9,11,13,24H2,1H3,(H2,25,27,28). The molecule has 1 aromatic heterocycles. The van der Waals surface area contributed by atoms with Gasteiger partial charge in [0.15, 0.2) is 11.5 Å². The second kappa shape index (κ2) is 7.63. The summed E-state index contributed by atoms with van der Waals surface area (Å²) in [6.45, 7) is 1.06. The van der Waals surface area contributed by atoms with E-state index in [9.17, 15) is 4.79 Å². The number of nitrogens with two attached hydrogens (primary N) is 1. The molecule has 31 heavy (non-hydrogen) atoms. The molecule has 8 nitrogen and oxygen atoms in total. The van der Waals surface area contributed by atoms with Crippen molar-refractivity contribution in [1.29, 1.82) is 0 Å². The first-order chi connectivity index (χ1) is 15.0. The van der Waals surface area contributed by atoms with Gasteiger partial charge in [0.1, 0.15) is 18.1 Å². The highest BCUT2D eigenvalue weighted by Gasteiger charge is 2.39. The van der Waals surface area contributed by atoms with Crippen molar-refractivity contribution in [3.8, 4) is 23.0 Å². The van der Waals surface area contributed by atoms with Crippen molar-refractivity contribution in [3.05, 3.63) is 48.2 Å². The lowest BCUT2D eigenvalue weighted by Gasteiger charge is -2.16. The van der Waals surface area contributed by atoms with Crippen molar-refractivity contribution in [3.63, 3.8) is 0 Å². The van der Waals surface area contributed by atoms with E-state index in [2.05, 4.69) is 15.6 Å². The summed E-state index contributed by atoms with van der Waals surface area (Å²) in [4.78, 5) is 16.0. The van der Waals surface area contributed by atoms with Gasteiger partial charge in [-0.2, -0.15) is 0 Å². The Bertz CT molecular complexity index is 1140. The molecule has 1 aliphatic heterocycles. The molecule has 3 aromatic rings. The van der Waals surface area contributed by atoms with Crippen LogP contribution in [0.15, 0.2) is 42.6 Å². The van der Waals surface area contributed by atoms with Gasteiger partial charge in [-0.1, -0.05) is 0 Å². The molecule has 1 aliphatic carbocycles. The summed E-state index contributed by atoms with van der Waals surface area (Å²) in [5.41, 5.74) is 8.47. The van der Waals surface area contributed by atoms with Crippen LogP contribution in [0.4, 0.5) is 10.5 Å². The minimum absolute atomic E-state index is 0.211. The number of anilines is 1. The van der Waals surface area contributed by atoms with E-state index in [1.807, 2.05) is 24.3 Å². The lowest BCUT2D eigenvalue weighted by atomic mass is 10.0. The number of nitrogens with one attached hydrogen (secondary N) is 2. The Balaban J connectivity index is 1.44. The van der Waals surface area contributed by atoms with Crippen molar-refractivity contribution in [2.75, 3.05) is 25.6 Å². The fourth-order valence-electron chi connectivity index (χ4n) is 3.62. The second-order valence-electron chi connectivity index (χ2n) is 7.97. The number of nitrogens with zero attached hydrogens (tertiary/aromatic N) is 1. The van der Waals surface area contributed by atoms with Crippen LogP contribution in [0.2, 0.25) is 0 Å². The van der Waals surface area contributed by atoms with Gasteiger partial charge < -0.3 is 30.6 Å². The third-order valence-electron chi connectivity index (χ3n) is 5.58. The SMILES string of the molecule is CNC(=O)Nc1ccc(Oc2ccnc3cc(OCC4(N)CC4)c4c(c23)CCO4)cc1. The van der Waals surface area contributed by atoms with Gasteiger partial charge in [-0.25, -0.2) is 4.79 Å². The molecule has 2 amide bonds. The topological polar surface area (TPSA) is 108 Å². The minimum Gasteiger partial charge on any atom is -0.489 e. The van der Waals surface area contributed by atoms with Gasteiger partial charge in [-0.15, -0.1) is 0 Å². The van der Waals surface area contributed by atoms with Crippen molar-refractivity contribution in [2.24, 2.45) is 5.73 Å². The number of hydrogen-bond acceptors (Lipinski definition) is 6. The number of pyridine rings is 1. The number of ether oxygens (including phenoxy) is 3. The van der Waals surface area contributed by atoms with Crippen LogP contribution in [0.25, 0.3) is 10.9 Å². The molecular weight excluding hydrogens is 396 g/mol. The number of amides is 2. The Morgan fingerprint density at radius 1 is 1.23 bits per heavy atom. The fraction of sp³-hybridized carbons (Fsp3) is 0.304. The zero-order valence-electron chi connectivity index (χ0n) is 17.2. The molecular formula is C23H24N4O4. The van der Waals surface area contributed by atoms with E-state index in [1.165, 1.54) is 0 Å². The Hall–Kier alpha value is -3.52. The summed E-state index contributed by atoms with van der Waals surface area (Å²) in [5.74, 6) is 2.79. The number of hydrogen-bond donors (Lipinski definition) is 3. The zero-order chi connectivity index (χ0) is 21.4. The van der Waals surface area contributed by atoms with Crippen LogP contribution in [-0.2, 0) is 6.42 Å². The van der Waals surface area contributed by atoms with E-state index < -0.39 is 0 Å². The van der Waals surface area contributed by atoms with Crippen molar-refractivity contribution >= 4 is 22.6 Å². The molecule has 160 valence electrons. The molecule has 0 saturated heterocycles. The van der Waals surface area contributed by atoms with Gasteiger partial charge >= 0.3 is 6.03 Å². The molecule has 4 N–H and O–H groups in total. The lowest BCUT2D eigenvalue weighted by Crippen LogP contribution is -2.29. The van der Waals surface area contributed by atoms with Gasteiger partial charge in [0.25, 0.3) is 0 Å². The second-order valence-corrected chi connectivity index (χ2v) is 7.97. The summed E-state index contributed by atoms with van der Waals surface area (Å²) < 4.78 is 18.1. The van der Waals surface area contributed by atoms with Crippen LogP contribution < -0.4 is 30.6 Å². The summed E-state index contributed by atoms with van der Waals surface area (Å²) in [6.07, 6.45) is 4.44. The van der Waals surface area contributed by atoms with Gasteiger partial charge in [-0.3, -0.25) is 4.98 Å². The normalized spacial score (nSPS) is 15.7. The zero-order valence-corrected chi connectivity index (χ0v) is 17.2. The van der Waals surface area contributed by atoms with Crippen LogP contribution in [0.5, 0.6) is 23.0 Å². The first-order valence-electron chi connectivity index (χ1n) is 10.3. The third-order valence-corrected chi connectivity index (χ3v) is 5.58. The molecule has 8 heteroatoms. The van der Waals surface area contributed by atoms with E-state index in [0.717, 1.165) is 41.5 Å². The summed E-state index contributed by atoms with van der Waals surface area (Å²) >= 11 is 0. The molecule has 0 bridgehead atoms. The van der Waals surface area contributed by atoms with Crippen molar-refractivity contribution in [2.45, 2.75) is 24.8 Å². The predicted octanol–water partition coefficient (Wildman–Crippen LogP) is 3.58. The summed E-state index contributed by atoms with van der Waals surface area (Å²) in [6, 6.07) is 10.7. The number of aromatic nitrogens is 1. The van der Waals surface area contributed by atoms with E-state index in [0.29, 0.717) is 36.1 Å². The molecule has 0 radical (unpaired) electrons. The Morgan fingerprint density at radius 2 is 2.03 bits per heavy atom. The van der Waals surface area contributed by atoms with Crippen molar-refractivity contribution < 1.29 is 19.0 Å². The number of urea groups is 1. The average molecular weight is 420 g/mol. The Kier molecular flexibility index (Phi) is 4.78. The summed E-state index contributed by atoms with van der Waals surface area (Å²) in [5, 5.41) is 6.16. The monoisotopic (exact) mass is 420 g/mol. The average Bonchev–Trinajstić information content (AvgIpc) is 3.31. The fourth-order valence-corrected chi connectivity index (χ4v) is 3.62. The molecule has 2 aromatic carbocycles. The minimum atomic E-state index is -0.273. The molecule has 1 fully saturated rings. The van der Waals surface area contributed by atoms with Gasteiger partial charge in [0.2, 0.25) is 0 Å². The van der Waals surface area contributed by atoms with Crippen LogP contribution in [0, 0.1) is 0 Å². The predicted molar refractivity (Wildman–Crippen MR) is 117 cm³/mol. The molecule has 0 spiro atoms. The Morgan fingerprint density at radius 3 is 2.77 bits per heavy atom. The third kappa shape index (κ3) is 3.94. The van der Waals surface area contributed by atoms with E-state index >= 15 is 0 Å². The Labute approximate surface area is 179 Å². The lowest BCUT2D eigenvalue weighted by molar-refractivity contribution is 0.254. The smallest absolute Gasteiger partial charge is 0.318 e. The molecule has 0 atom stereocenters. The van der Waals surface area contributed by atoms with Crippen molar-refractivity contribution in [1.82, 2.24) is 10.3 Å². The van der Waals surface area contributed by atoms with Gasteiger partial charge in [0.05, 0.1) is 23.0 Å². The van der Waals surface area contributed by atoms with E-state index in [-0.39, 0.29) is 11.6 Å². The van der Waals surface area contributed by atoms with Gasteiger partial charge in [0, 0.05) is 37.0 Å². The van der Waals surface area contributed by atoms with Crippen LogP contribution in [0.3, 0.4) is 0 Å². The highest BCUT2D eigenvalue weighted by molar-refractivity contribution is 5.93. The van der Waals surface area contributed by atoms with Crippen LogP contribution in [0.1, 0.15) is 18.4 Å².